The summed E-state index contributed by atoms with van der Waals surface area (Å²) in [5, 5.41) is 13.3. The lowest BCUT2D eigenvalue weighted by molar-refractivity contribution is -0.384. The highest BCUT2D eigenvalue weighted by Crippen LogP contribution is 2.29. The third-order valence-electron chi connectivity index (χ3n) is 2.53. The van der Waals surface area contributed by atoms with Crippen LogP contribution in [0.1, 0.15) is 10.5 Å². The van der Waals surface area contributed by atoms with Crippen LogP contribution in [0.2, 0.25) is 0 Å². The maximum atomic E-state index is 12.0. The molecule has 1 aromatic heterocycles. The summed E-state index contributed by atoms with van der Waals surface area (Å²) in [6.07, 6.45) is 1.61. The molecule has 0 aliphatic heterocycles. The third-order valence-corrected chi connectivity index (χ3v) is 2.99. The van der Waals surface area contributed by atoms with Crippen molar-refractivity contribution in [2.75, 3.05) is 12.4 Å². The van der Waals surface area contributed by atoms with Gasteiger partial charge in [0.05, 0.1) is 17.7 Å². The van der Waals surface area contributed by atoms with Crippen LogP contribution in [0.3, 0.4) is 0 Å². The van der Waals surface area contributed by atoms with E-state index in [9.17, 15) is 14.9 Å². The largest absolute Gasteiger partial charge is 0.495 e. The molecule has 104 valence electrons. The lowest BCUT2D eigenvalue weighted by atomic mass is 10.2. The average molecular weight is 340 g/mol. The maximum absolute atomic E-state index is 12.0. The van der Waals surface area contributed by atoms with Crippen LogP contribution in [-0.2, 0) is 0 Å². The number of H-pyrrole nitrogens is 1. The number of carbonyl (C=O) groups excluding carboxylic acids is 1. The number of halogens is 1. The molecule has 0 unspecified atom stereocenters. The number of rotatable bonds is 4. The normalized spacial score (nSPS) is 10.1. The van der Waals surface area contributed by atoms with Gasteiger partial charge in [0.15, 0.2) is 0 Å². The topological polar surface area (TPSA) is 97.3 Å². The van der Waals surface area contributed by atoms with Gasteiger partial charge in [-0.05, 0) is 28.1 Å². The van der Waals surface area contributed by atoms with Gasteiger partial charge in [-0.3, -0.25) is 14.9 Å². The van der Waals surface area contributed by atoms with Crippen molar-refractivity contribution in [2.45, 2.75) is 0 Å². The smallest absolute Gasteiger partial charge is 0.272 e. The number of methoxy groups -OCH3 is 1. The van der Waals surface area contributed by atoms with Crippen molar-refractivity contribution < 1.29 is 14.5 Å². The van der Waals surface area contributed by atoms with Crippen LogP contribution in [0, 0.1) is 10.1 Å². The molecule has 0 atom stereocenters. The van der Waals surface area contributed by atoms with Crippen LogP contribution in [0.5, 0.6) is 5.75 Å². The van der Waals surface area contributed by atoms with Crippen LogP contribution in [-0.4, -0.2) is 22.9 Å². The Bertz CT molecular complexity index is 668. The highest BCUT2D eigenvalue weighted by molar-refractivity contribution is 9.10. The molecule has 20 heavy (non-hydrogen) atoms. The van der Waals surface area contributed by atoms with Crippen LogP contribution in [0.15, 0.2) is 34.9 Å². The average Bonchev–Trinajstić information content (AvgIpc) is 2.85. The fourth-order valence-electron chi connectivity index (χ4n) is 1.60. The van der Waals surface area contributed by atoms with Crippen LogP contribution in [0.25, 0.3) is 0 Å². The van der Waals surface area contributed by atoms with Gasteiger partial charge in [0, 0.05) is 22.8 Å². The number of ether oxygens (including phenoxy) is 1. The Labute approximate surface area is 122 Å². The first-order valence-corrected chi connectivity index (χ1v) is 6.28. The molecule has 0 aliphatic carbocycles. The van der Waals surface area contributed by atoms with Gasteiger partial charge in [-0.25, -0.2) is 0 Å². The van der Waals surface area contributed by atoms with Gasteiger partial charge in [0.2, 0.25) is 0 Å². The number of anilines is 1. The molecule has 7 nitrogen and oxygen atoms in total. The molecule has 1 heterocycles. The number of amides is 1. The van der Waals surface area contributed by atoms with E-state index in [1.807, 2.05) is 0 Å². The summed E-state index contributed by atoms with van der Waals surface area (Å²) < 4.78 is 5.80. The number of nitrogens with zero attached hydrogens (tertiary/aromatic N) is 1. The number of hydrogen-bond donors (Lipinski definition) is 2. The molecule has 0 spiro atoms. The van der Waals surface area contributed by atoms with E-state index in [1.54, 1.807) is 12.3 Å². The number of nitro benzene ring substituents is 1. The molecule has 0 aliphatic rings. The van der Waals surface area contributed by atoms with Crippen molar-refractivity contribution in [3.05, 3.63) is 50.7 Å². The zero-order valence-electron chi connectivity index (χ0n) is 10.3. The summed E-state index contributed by atoms with van der Waals surface area (Å²) in [7, 11) is 1.42. The van der Waals surface area contributed by atoms with Gasteiger partial charge in [0.1, 0.15) is 11.4 Å². The molecule has 0 radical (unpaired) electrons. The molecule has 2 N–H and O–H groups in total. The summed E-state index contributed by atoms with van der Waals surface area (Å²) in [6, 6.07) is 5.58. The standard InChI is InChI=1S/C12H10BrN3O4/c1-20-11-3-2-8(16(18)19)5-9(11)15-12(17)10-4-7(13)6-14-10/h2-6,14H,1H3,(H,15,17). The van der Waals surface area contributed by atoms with Crippen molar-refractivity contribution in [3.8, 4) is 5.75 Å². The van der Waals surface area contributed by atoms with Crippen molar-refractivity contribution >= 4 is 33.2 Å². The summed E-state index contributed by atoms with van der Waals surface area (Å²) >= 11 is 3.22. The van der Waals surface area contributed by atoms with Gasteiger partial charge in [-0.1, -0.05) is 0 Å². The molecule has 0 saturated carbocycles. The van der Waals surface area contributed by atoms with Gasteiger partial charge < -0.3 is 15.0 Å². The van der Waals surface area contributed by atoms with Gasteiger partial charge in [0.25, 0.3) is 11.6 Å². The highest BCUT2D eigenvalue weighted by Gasteiger charge is 2.15. The molecular formula is C12H10BrN3O4. The minimum Gasteiger partial charge on any atom is -0.495 e. The first-order valence-electron chi connectivity index (χ1n) is 5.49. The number of hydrogen-bond acceptors (Lipinski definition) is 4. The van der Waals surface area contributed by atoms with Gasteiger partial charge in [-0.2, -0.15) is 0 Å². The predicted molar refractivity (Wildman–Crippen MR) is 76.1 cm³/mol. The second-order valence-corrected chi connectivity index (χ2v) is 4.74. The Morgan fingerprint density at radius 2 is 2.20 bits per heavy atom. The summed E-state index contributed by atoms with van der Waals surface area (Å²) in [5.41, 5.74) is 0.427. The molecule has 8 heteroatoms. The second-order valence-electron chi connectivity index (χ2n) is 3.83. The van der Waals surface area contributed by atoms with E-state index in [1.165, 1.54) is 25.3 Å². The third kappa shape index (κ3) is 2.97. The van der Waals surface area contributed by atoms with E-state index in [0.717, 1.165) is 4.47 Å². The predicted octanol–water partition coefficient (Wildman–Crippen LogP) is 2.95. The zero-order valence-corrected chi connectivity index (χ0v) is 11.9. The lowest BCUT2D eigenvalue weighted by Crippen LogP contribution is -2.13. The summed E-state index contributed by atoms with van der Waals surface area (Å²) in [5.74, 6) is -0.0796. The first-order chi connectivity index (χ1) is 9.51. The van der Waals surface area contributed by atoms with E-state index in [0.29, 0.717) is 11.4 Å². The van der Waals surface area contributed by atoms with E-state index >= 15 is 0 Å². The Morgan fingerprint density at radius 1 is 1.45 bits per heavy atom. The van der Waals surface area contributed by atoms with Crippen molar-refractivity contribution in [1.29, 1.82) is 0 Å². The molecule has 0 bridgehead atoms. The summed E-state index contributed by atoms with van der Waals surface area (Å²) in [6.45, 7) is 0. The quantitative estimate of drug-likeness (QED) is 0.660. The fourth-order valence-corrected chi connectivity index (χ4v) is 1.94. The van der Waals surface area contributed by atoms with Gasteiger partial charge >= 0.3 is 0 Å². The SMILES string of the molecule is COc1ccc([N+](=O)[O-])cc1NC(=O)c1cc(Br)c[nH]1. The lowest BCUT2D eigenvalue weighted by Gasteiger charge is -2.09. The highest BCUT2D eigenvalue weighted by atomic mass is 79.9. The number of benzene rings is 1. The van der Waals surface area contributed by atoms with Crippen LogP contribution in [0.4, 0.5) is 11.4 Å². The Balaban J connectivity index is 2.29. The van der Waals surface area contributed by atoms with Gasteiger partial charge in [-0.15, -0.1) is 0 Å². The van der Waals surface area contributed by atoms with Crippen molar-refractivity contribution in [1.82, 2.24) is 4.98 Å². The summed E-state index contributed by atoms with van der Waals surface area (Å²) in [4.78, 5) is 25.0. The monoisotopic (exact) mass is 339 g/mol. The number of aromatic nitrogens is 1. The minimum absolute atomic E-state index is 0.131. The number of nitrogens with one attached hydrogen (secondary N) is 2. The molecule has 2 aromatic rings. The molecule has 0 saturated heterocycles. The maximum Gasteiger partial charge on any atom is 0.272 e. The molecular weight excluding hydrogens is 330 g/mol. The number of nitro groups is 1. The Kier molecular flexibility index (Phi) is 4.04. The number of aromatic amines is 1. The van der Waals surface area contributed by atoms with E-state index in [4.69, 9.17) is 4.74 Å². The van der Waals surface area contributed by atoms with Crippen molar-refractivity contribution in [3.63, 3.8) is 0 Å². The molecule has 2 rings (SSSR count). The number of non-ortho nitro benzene ring substituents is 1. The Morgan fingerprint density at radius 3 is 2.75 bits per heavy atom. The molecule has 0 fully saturated rings. The van der Waals surface area contributed by atoms with E-state index in [-0.39, 0.29) is 11.4 Å². The second kappa shape index (κ2) is 5.74. The van der Waals surface area contributed by atoms with E-state index < -0.39 is 10.8 Å². The van der Waals surface area contributed by atoms with E-state index in [2.05, 4.69) is 26.2 Å². The van der Waals surface area contributed by atoms with Crippen LogP contribution < -0.4 is 10.1 Å². The van der Waals surface area contributed by atoms with Crippen molar-refractivity contribution in [2.24, 2.45) is 0 Å². The zero-order chi connectivity index (χ0) is 14.7. The molecule has 1 amide bonds. The fraction of sp³-hybridized carbons (Fsp3) is 0.0833. The first kappa shape index (κ1) is 14.1. The number of carbonyl (C=O) groups is 1. The Hall–Kier alpha value is -2.35. The van der Waals surface area contributed by atoms with Crippen LogP contribution >= 0.6 is 15.9 Å². The molecule has 1 aromatic carbocycles. The minimum atomic E-state index is -0.541.